The van der Waals surface area contributed by atoms with Gasteiger partial charge in [-0.3, -0.25) is 5.10 Å². The average Bonchev–Trinajstić information content (AvgIpc) is 3.05. The highest BCUT2D eigenvalue weighted by molar-refractivity contribution is 6.32. The van der Waals surface area contributed by atoms with Crippen LogP contribution in [-0.4, -0.2) is 20.2 Å². The molecule has 1 unspecified atom stereocenters. The van der Waals surface area contributed by atoms with Crippen LogP contribution in [0.15, 0.2) is 29.6 Å². The Balaban J connectivity index is 1.86. The van der Waals surface area contributed by atoms with Gasteiger partial charge >= 0.3 is 0 Å². The van der Waals surface area contributed by atoms with Gasteiger partial charge in [0.05, 0.1) is 6.20 Å². The van der Waals surface area contributed by atoms with Crippen molar-refractivity contribution in [2.24, 2.45) is 5.18 Å². The molecule has 0 saturated carbocycles. The number of hydrogen-bond donors (Lipinski definition) is 3. The first kappa shape index (κ1) is 18.8. The SMILES string of the molecule is Cc1cc(Nc2nc(Nc3cc(C)c(C(C)N=O)cc3C)ncc2Cl)n[nH]1. The number of nitrogens with zero attached hydrogens (tertiary/aromatic N) is 4. The predicted octanol–water partition coefficient (Wildman–Crippen LogP) is 5.09. The van der Waals surface area contributed by atoms with E-state index < -0.39 is 6.04 Å². The monoisotopic (exact) mass is 385 g/mol. The summed E-state index contributed by atoms with van der Waals surface area (Å²) in [5, 5.41) is 16.7. The van der Waals surface area contributed by atoms with E-state index in [1.54, 1.807) is 6.92 Å². The van der Waals surface area contributed by atoms with Crippen LogP contribution in [0.5, 0.6) is 0 Å². The third kappa shape index (κ3) is 4.22. The molecule has 0 aliphatic heterocycles. The fraction of sp³-hybridized carbons (Fsp3) is 0.278. The standard InChI is InChI=1S/C18H20ClN7O/c1-9-6-15(10(2)5-13(9)12(4)26-27)21-18-20-8-14(19)17(23-18)22-16-7-11(3)24-25-16/h5-8,12H,1-4H3,(H3,20,21,22,23,24,25). The van der Waals surface area contributed by atoms with Crippen molar-refractivity contribution < 1.29 is 0 Å². The molecule has 0 fully saturated rings. The van der Waals surface area contributed by atoms with Gasteiger partial charge in [-0.2, -0.15) is 15.0 Å². The third-order valence-corrected chi connectivity index (χ3v) is 4.44. The number of aromatic nitrogens is 4. The highest BCUT2D eigenvalue weighted by Crippen LogP contribution is 2.29. The van der Waals surface area contributed by atoms with Crippen molar-refractivity contribution >= 4 is 34.9 Å². The molecule has 140 valence electrons. The van der Waals surface area contributed by atoms with Crippen LogP contribution < -0.4 is 10.6 Å². The summed E-state index contributed by atoms with van der Waals surface area (Å²) in [5.74, 6) is 1.46. The fourth-order valence-electron chi connectivity index (χ4n) is 2.72. The molecule has 27 heavy (non-hydrogen) atoms. The third-order valence-electron chi connectivity index (χ3n) is 4.16. The molecule has 0 aliphatic rings. The first-order valence-electron chi connectivity index (χ1n) is 8.39. The van der Waals surface area contributed by atoms with Crippen LogP contribution in [-0.2, 0) is 0 Å². The van der Waals surface area contributed by atoms with Gasteiger partial charge in [-0.1, -0.05) is 22.8 Å². The second kappa shape index (κ2) is 7.71. The van der Waals surface area contributed by atoms with Gasteiger partial charge in [-0.05, 0) is 50.5 Å². The summed E-state index contributed by atoms with van der Waals surface area (Å²) in [4.78, 5) is 19.5. The van der Waals surface area contributed by atoms with Gasteiger partial charge in [-0.25, -0.2) is 4.98 Å². The maximum absolute atomic E-state index is 10.9. The molecule has 0 saturated heterocycles. The fourth-order valence-corrected chi connectivity index (χ4v) is 2.86. The molecule has 1 aromatic carbocycles. The second-order valence-corrected chi connectivity index (χ2v) is 6.79. The molecule has 3 N–H and O–H groups in total. The van der Waals surface area contributed by atoms with E-state index in [-0.39, 0.29) is 0 Å². The number of anilines is 4. The minimum atomic E-state index is -0.391. The Kier molecular flexibility index (Phi) is 5.36. The number of benzene rings is 1. The minimum absolute atomic E-state index is 0.385. The van der Waals surface area contributed by atoms with Gasteiger partial charge in [0.25, 0.3) is 0 Å². The van der Waals surface area contributed by atoms with Crippen molar-refractivity contribution in [2.75, 3.05) is 10.6 Å². The maximum atomic E-state index is 10.9. The van der Waals surface area contributed by atoms with E-state index in [2.05, 4.69) is 36.0 Å². The molecule has 0 spiro atoms. The van der Waals surface area contributed by atoms with Gasteiger partial charge < -0.3 is 10.6 Å². The van der Waals surface area contributed by atoms with Crippen molar-refractivity contribution in [3.8, 4) is 0 Å². The summed E-state index contributed by atoms with van der Waals surface area (Å²) in [6.07, 6.45) is 1.52. The van der Waals surface area contributed by atoms with Crippen molar-refractivity contribution in [1.82, 2.24) is 20.2 Å². The van der Waals surface area contributed by atoms with Crippen molar-refractivity contribution in [1.29, 1.82) is 0 Å². The van der Waals surface area contributed by atoms with Crippen LogP contribution >= 0.6 is 11.6 Å². The number of halogens is 1. The molecule has 0 bridgehead atoms. The summed E-state index contributed by atoms with van der Waals surface area (Å²) >= 11 is 6.19. The molecule has 0 radical (unpaired) electrons. The quantitative estimate of drug-likeness (QED) is 0.510. The van der Waals surface area contributed by atoms with Gasteiger partial charge in [0, 0.05) is 17.4 Å². The Hall–Kier alpha value is -3.00. The number of nitrogens with one attached hydrogen (secondary N) is 3. The Labute approximate surface area is 161 Å². The lowest BCUT2D eigenvalue weighted by atomic mass is 9.99. The number of rotatable bonds is 6. The molecule has 0 amide bonds. The van der Waals surface area contributed by atoms with E-state index >= 15 is 0 Å². The molecule has 3 aromatic rings. The van der Waals surface area contributed by atoms with Crippen LogP contribution in [0.3, 0.4) is 0 Å². The Morgan fingerprint density at radius 3 is 2.59 bits per heavy atom. The Morgan fingerprint density at radius 1 is 1.15 bits per heavy atom. The van der Waals surface area contributed by atoms with E-state index in [0.29, 0.717) is 22.6 Å². The molecule has 3 rings (SSSR count). The zero-order chi connectivity index (χ0) is 19.6. The smallest absolute Gasteiger partial charge is 0.229 e. The lowest BCUT2D eigenvalue weighted by Crippen LogP contribution is -2.04. The Morgan fingerprint density at radius 2 is 1.93 bits per heavy atom. The van der Waals surface area contributed by atoms with Gasteiger partial charge in [0.1, 0.15) is 11.1 Å². The van der Waals surface area contributed by atoms with E-state index in [9.17, 15) is 4.91 Å². The van der Waals surface area contributed by atoms with Gasteiger partial charge in [0.2, 0.25) is 5.95 Å². The first-order valence-corrected chi connectivity index (χ1v) is 8.77. The summed E-state index contributed by atoms with van der Waals surface area (Å²) in [6, 6.07) is 5.36. The average molecular weight is 386 g/mol. The van der Waals surface area contributed by atoms with Crippen LogP contribution in [0.2, 0.25) is 5.02 Å². The summed E-state index contributed by atoms with van der Waals surface area (Å²) in [5.41, 5.74) is 4.60. The first-order chi connectivity index (χ1) is 12.9. The number of hydrogen-bond acceptors (Lipinski definition) is 7. The molecular weight excluding hydrogens is 366 g/mol. The van der Waals surface area contributed by atoms with Crippen LogP contribution in [0.1, 0.15) is 35.3 Å². The van der Waals surface area contributed by atoms with E-state index in [4.69, 9.17) is 11.6 Å². The molecule has 1 atom stereocenters. The van der Waals surface area contributed by atoms with Crippen molar-refractivity contribution in [3.63, 3.8) is 0 Å². The molecule has 8 nitrogen and oxygen atoms in total. The number of aromatic amines is 1. The molecule has 9 heteroatoms. The minimum Gasteiger partial charge on any atom is -0.324 e. The predicted molar refractivity (Wildman–Crippen MR) is 107 cm³/mol. The van der Waals surface area contributed by atoms with Gasteiger partial charge in [-0.15, -0.1) is 0 Å². The lowest BCUT2D eigenvalue weighted by Gasteiger charge is -2.15. The zero-order valence-electron chi connectivity index (χ0n) is 15.5. The Bertz CT molecular complexity index is 986. The van der Waals surface area contributed by atoms with Crippen LogP contribution in [0.4, 0.5) is 23.3 Å². The maximum Gasteiger partial charge on any atom is 0.229 e. The number of aryl methyl sites for hydroxylation is 3. The van der Waals surface area contributed by atoms with E-state index in [1.165, 1.54) is 6.20 Å². The molecular formula is C18H20ClN7O. The zero-order valence-corrected chi connectivity index (χ0v) is 16.2. The van der Waals surface area contributed by atoms with Crippen molar-refractivity contribution in [2.45, 2.75) is 33.7 Å². The van der Waals surface area contributed by atoms with Crippen LogP contribution in [0.25, 0.3) is 0 Å². The molecule has 0 aliphatic carbocycles. The lowest BCUT2D eigenvalue weighted by molar-refractivity contribution is 0.802. The normalized spacial score (nSPS) is 11.9. The van der Waals surface area contributed by atoms with Gasteiger partial charge in [0.15, 0.2) is 11.6 Å². The van der Waals surface area contributed by atoms with Crippen molar-refractivity contribution in [3.05, 3.63) is 56.7 Å². The number of nitroso groups, excluding NO2 is 1. The highest BCUT2D eigenvalue weighted by atomic mass is 35.5. The second-order valence-electron chi connectivity index (χ2n) is 6.38. The van der Waals surface area contributed by atoms with E-state index in [1.807, 2.05) is 39.0 Å². The van der Waals surface area contributed by atoms with Crippen LogP contribution in [0, 0.1) is 25.7 Å². The largest absolute Gasteiger partial charge is 0.324 e. The number of H-pyrrole nitrogens is 1. The summed E-state index contributed by atoms with van der Waals surface area (Å²) in [7, 11) is 0. The molecule has 2 heterocycles. The highest BCUT2D eigenvalue weighted by Gasteiger charge is 2.13. The summed E-state index contributed by atoms with van der Waals surface area (Å²) < 4.78 is 0. The molecule has 2 aromatic heterocycles. The van der Waals surface area contributed by atoms with E-state index in [0.717, 1.165) is 28.1 Å². The topological polar surface area (TPSA) is 108 Å². The summed E-state index contributed by atoms with van der Waals surface area (Å²) in [6.45, 7) is 7.57.